The SMILES string of the molecule is O=C(O)C1Cc2nc(-c3nccs3)cn2C1. The summed E-state index contributed by atoms with van der Waals surface area (Å²) >= 11 is 1.54. The van der Waals surface area contributed by atoms with Crippen LogP contribution in [0, 0.1) is 5.92 Å². The lowest BCUT2D eigenvalue weighted by Crippen LogP contribution is -2.14. The topological polar surface area (TPSA) is 68.0 Å². The Kier molecular flexibility index (Phi) is 2.03. The molecule has 82 valence electrons. The summed E-state index contributed by atoms with van der Waals surface area (Å²) in [4.78, 5) is 19.4. The van der Waals surface area contributed by atoms with Gasteiger partial charge >= 0.3 is 5.97 Å². The number of fused-ring (bicyclic) bond motifs is 1. The van der Waals surface area contributed by atoms with Gasteiger partial charge in [0.05, 0.1) is 5.92 Å². The van der Waals surface area contributed by atoms with E-state index in [0.717, 1.165) is 16.5 Å². The van der Waals surface area contributed by atoms with Gasteiger partial charge in [-0.2, -0.15) is 0 Å². The van der Waals surface area contributed by atoms with Crippen LogP contribution >= 0.6 is 11.3 Å². The Labute approximate surface area is 95.4 Å². The van der Waals surface area contributed by atoms with Crippen molar-refractivity contribution in [1.82, 2.24) is 14.5 Å². The molecule has 1 atom stereocenters. The number of rotatable bonds is 2. The van der Waals surface area contributed by atoms with Crippen molar-refractivity contribution >= 4 is 17.3 Å². The second-order valence-corrected chi connectivity index (χ2v) is 4.67. The average Bonchev–Trinajstić information content (AvgIpc) is 2.91. The van der Waals surface area contributed by atoms with Crippen molar-refractivity contribution < 1.29 is 9.90 Å². The van der Waals surface area contributed by atoms with Crippen LogP contribution in [0.15, 0.2) is 17.8 Å². The molecule has 1 N–H and O–H groups in total. The van der Waals surface area contributed by atoms with Crippen LogP contribution in [0.3, 0.4) is 0 Å². The Morgan fingerprint density at radius 2 is 2.50 bits per heavy atom. The Hall–Kier alpha value is -1.69. The quantitative estimate of drug-likeness (QED) is 0.851. The molecule has 0 bridgehead atoms. The second kappa shape index (κ2) is 3.41. The number of carboxylic acid groups (broad SMARTS) is 1. The normalized spacial score (nSPS) is 18.6. The highest BCUT2D eigenvalue weighted by Crippen LogP contribution is 2.26. The first-order chi connectivity index (χ1) is 7.74. The van der Waals surface area contributed by atoms with Crippen LogP contribution in [0.1, 0.15) is 5.82 Å². The monoisotopic (exact) mass is 235 g/mol. The van der Waals surface area contributed by atoms with E-state index in [0.29, 0.717) is 13.0 Å². The van der Waals surface area contributed by atoms with Crippen molar-refractivity contribution in [3.63, 3.8) is 0 Å². The summed E-state index contributed by atoms with van der Waals surface area (Å²) in [6.45, 7) is 0.517. The summed E-state index contributed by atoms with van der Waals surface area (Å²) in [6.07, 6.45) is 4.14. The van der Waals surface area contributed by atoms with Gasteiger partial charge in [0.2, 0.25) is 0 Å². The predicted octanol–water partition coefficient (Wildman–Crippen LogP) is 1.26. The number of imidazole rings is 1. The highest BCUT2D eigenvalue weighted by atomic mass is 32.1. The first-order valence-corrected chi connectivity index (χ1v) is 5.80. The molecule has 0 saturated heterocycles. The molecule has 3 rings (SSSR count). The molecule has 1 aliphatic rings. The number of carbonyl (C=O) groups is 1. The standard InChI is InChI=1S/C10H9N3O2S/c14-10(15)6-3-8-12-7(5-13(8)4-6)9-11-1-2-16-9/h1-2,5-6H,3-4H2,(H,14,15). The Balaban J connectivity index is 1.90. The number of hydrogen-bond acceptors (Lipinski definition) is 4. The predicted molar refractivity (Wildman–Crippen MR) is 58.2 cm³/mol. The Morgan fingerprint density at radius 3 is 3.12 bits per heavy atom. The molecule has 3 heterocycles. The average molecular weight is 235 g/mol. The minimum absolute atomic E-state index is 0.326. The molecule has 0 saturated carbocycles. The highest BCUT2D eigenvalue weighted by Gasteiger charge is 2.29. The lowest BCUT2D eigenvalue weighted by Gasteiger charge is -2.00. The molecule has 0 amide bonds. The molecule has 0 aliphatic carbocycles. The molecule has 5 nitrogen and oxygen atoms in total. The number of thiazole rings is 1. The molecular formula is C10H9N3O2S. The molecule has 6 heteroatoms. The maximum Gasteiger partial charge on any atom is 0.308 e. The molecule has 2 aromatic rings. The molecule has 16 heavy (non-hydrogen) atoms. The largest absolute Gasteiger partial charge is 0.481 e. The summed E-state index contributed by atoms with van der Waals surface area (Å²) in [5.41, 5.74) is 0.842. The summed E-state index contributed by atoms with van der Waals surface area (Å²) in [6, 6.07) is 0. The van der Waals surface area contributed by atoms with Gasteiger partial charge in [-0.1, -0.05) is 0 Å². The molecule has 0 radical (unpaired) electrons. The van der Waals surface area contributed by atoms with Crippen LogP contribution in [0.5, 0.6) is 0 Å². The maximum atomic E-state index is 10.8. The fourth-order valence-corrected chi connectivity index (χ4v) is 2.51. The van der Waals surface area contributed by atoms with Crippen molar-refractivity contribution in [2.24, 2.45) is 5.92 Å². The molecule has 0 spiro atoms. The second-order valence-electron chi connectivity index (χ2n) is 3.77. The fourth-order valence-electron chi connectivity index (χ4n) is 1.92. The highest BCUT2D eigenvalue weighted by molar-refractivity contribution is 7.13. The van der Waals surface area contributed by atoms with E-state index in [1.54, 1.807) is 6.20 Å². The van der Waals surface area contributed by atoms with Gasteiger partial charge in [-0.3, -0.25) is 4.79 Å². The van der Waals surface area contributed by atoms with Gasteiger partial charge in [-0.25, -0.2) is 9.97 Å². The van der Waals surface area contributed by atoms with E-state index in [1.807, 2.05) is 16.1 Å². The van der Waals surface area contributed by atoms with Gasteiger partial charge < -0.3 is 9.67 Å². The van der Waals surface area contributed by atoms with Gasteiger partial charge in [0.15, 0.2) is 0 Å². The van der Waals surface area contributed by atoms with Gasteiger partial charge in [0.25, 0.3) is 0 Å². The van der Waals surface area contributed by atoms with Crippen molar-refractivity contribution in [3.8, 4) is 10.7 Å². The summed E-state index contributed by atoms with van der Waals surface area (Å²) in [7, 11) is 0. The third-order valence-electron chi connectivity index (χ3n) is 2.71. The van der Waals surface area contributed by atoms with Crippen LogP contribution in [0.25, 0.3) is 10.7 Å². The maximum absolute atomic E-state index is 10.8. The van der Waals surface area contributed by atoms with Crippen LogP contribution in [0.4, 0.5) is 0 Å². The van der Waals surface area contributed by atoms with Gasteiger partial charge in [0, 0.05) is 30.7 Å². The van der Waals surface area contributed by atoms with E-state index in [-0.39, 0.29) is 5.92 Å². The zero-order valence-corrected chi connectivity index (χ0v) is 9.15. The van der Waals surface area contributed by atoms with Crippen LogP contribution < -0.4 is 0 Å². The molecular weight excluding hydrogens is 226 g/mol. The molecule has 0 aromatic carbocycles. The van der Waals surface area contributed by atoms with Crippen LogP contribution in [0.2, 0.25) is 0 Å². The number of hydrogen-bond donors (Lipinski definition) is 1. The van der Waals surface area contributed by atoms with E-state index < -0.39 is 5.97 Å². The third kappa shape index (κ3) is 1.42. The van der Waals surface area contributed by atoms with Crippen molar-refractivity contribution in [1.29, 1.82) is 0 Å². The van der Waals surface area contributed by atoms with E-state index in [1.165, 1.54) is 11.3 Å². The molecule has 1 aliphatic heterocycles. The van der Waals surface area contributed by atoms with E-state index in [9.17, 15) is 4.79 Å². The minimum atomic E-state index is -0.749. The summed E-state index contributed by atoms with van der Waals surface area (Å²) in [5.74, 6) is -0.230. The lowest BCUT2D eigenvalue weighted by molar-refractivity contribution is -0.141. The molecule has 1 unspecified atom stereocenters. The van der Waals surface area contributed by atoms with Gasteiger partial charge in [-0.15, -0.1) is 11.3 Å². The number of nitrogens with zero attached hydrogens (tertiary/aromatic N) is 3. The van der Waals surface area contributed by atoms with Gasteiger partial charge in [-0.05, 0) is 0 Å². The first-order valence-electron chi connectivity index (χ1n) is 4.93. The van der Waals surface area contributed by atoms with Gasteiger partial charge in [0.1, 0.15) is 16.5 Å². The molecule has 0 fully saturated rings. The van der Waals surface area contributed by atoms with Crippen molar-refractivity contribution in [2.45, 2.75) is 13.0 Å². The van der Waals surface area contributed by atoms with Crippen molar-refractivity contribution in [3.05, 3.63) is 23.6 Å². The van der Waals surface area contributed by atoms with Crippen molar-refractivity contribution in [2.75, 3.05) is 0 Å². The summed E-state index contributed by atoms with van der Waals surface area (Å²) < 4.78 is 1.91. The van der Waals surface area contributed by atoms with Crippen LogP contribution in [-0.2, 0) is 17.8 Å². The Bertz CT molecular complexity index is 509. The van der Waals surface area contributed by atoms with E-state index in [2.05, 4.69) is 9.97 Å². The first kappa shape index (κ1) is 9.53. The zero-order valence-electron chi connectivity index (χ0n) is 8.33. The zero-order chi connectivity index (χ0) is 11.1. The number of aromatic nitrogens is 3. The third-order valence-corrected chi connectivity index (χ3v) is 3.50. The van der Waals surface area contributed by atoms with E-state index in [4.69, 9.17) is 5.11 Å². The Morgan fingerprint density at radius 1 is 1.62 bits per heavy atom. The number of carboxylic acids is 1. The molecule has 2 aromatic heterocycles. The minimum Gasteiger partial charge on any atom is -0.481 e. The van der Waals surface area contributed by atoms with E-state index >= 15 is 0 Å². The fraction of sp³-hybridized carbons (Fsp3) is 0.300. The number of aliphatic carboxylic acids is 1. The smallest absolute Gasteiger partial charge is 0.308 e. The summed E-state index contributed by atoms with van der Waals surface area (Å²) in [5, 5.41) is 11.7. The van der Waals surface area contributed by atoms with Crippen LogP contribution in [-0.4, -0.2) is 25.6 Å². The lowest BCUT2D eigenvalue weighted by atomic mass is 10.1.